The minimum atomic E-state index is -1.40. The Morgan fingerprint density at radius 3 is 2.33 bits per heavy atom. The maximum atomic E-state index is 13.3. The van der Waals surface area contributed by atoms with Crippen LogP contribution in [0.25, 0.3) is 0 Å². The van der Waals surface area contributed by atoms with E-state index in [1.165, 1.54) is 21.6 Å². The number of nitrogens with one attached hydrogen (secondary N) is 4. The van der Waals surface area contributed by atoms with Gasteiger partial charge < -0.3 is 37.8 Å². The number of para-hydroxylation sites is 1. The number of nitrogens with zero attached hydrogens (tertiary/aromatic N) is 1. The zero-order chi connectivity index (χ0) is 29.1. The molecule has 1 heterocycles. The lowest BCUT2D eigenvalue weighted by Gasteiger charge is -2.20. The topological polar surface area (TPSA) is 218 Å². The van der Waals surface area contributed by atoms with Gasteiger partial charge in [0.2, 0.25) is 17.7 Å². The molecule has 2 aromatic carbocycles. The molecule has 0 fully saturated rings. The summed E-state index contributed by atoms with van der Waals surface area (Å²) in [5.74, 6) is -4.07. The highest BCUT2D eigenvalue weighted by Gasteiger charge is 2.27. The minimum Gasteiger partial charge on any atom is -0.481 e. The maximum Gasteiger partial charge on any atom is 0.305 e. The molecule has 1 aliphatic heterocycles. The predicted octanol–water partition coefficient (Wildman–Crippen LogP) is 0.666. The standard InChI is InChI=1S/C25H29N7O6S2/c26-25(27)28-11-5-8-16-23(37)29-13-20(33)30-17(12-21(34)35)24(38)31-15-7-2-4-10-19(15)40-39-18-9-3-1-6-14(18)22(36)32-16/h1-4,6-7,9-10,16-17H,5,8,11-13H2,(H,29,37)(H,30,33)(H,31,38)(H,32,36)(H,34,35)(H4,26,27,28)/t16-,17-/m1/s1. The Labute approximate surface area is 237 Å². The van der Waals surface area contributed by atoms with Crippen molar-refractivity contribution >= 4 is 62.8 Å². The zero-order valence-corrected chi connectivity index (χ0v) is 22.8. The van der Waals surface area contributed by atoms with Gasteiger partial charge in [0, 0.05) is 16.3 Å². The number of hydrogen-bond donors (Lipinski definition) is 7. The fraction of sp³-hybridized carbons (Fsp3) is 0.280. The van der Waals surface area contributed by atoms with Crippen LogP contribution in [0.3, 0.4) is 0 Å². The molecule has 4 amide bonds. The predicted molar refractivity (Wildman–Crippen MR) is 152 cm³/mol. The molecule has 2 atom stereocenters. The van der Waals surface area contributed by atoms with E-state index >= 15 is 0 Å². The van der Waals surface area contributed by atoms with Crippen LogP contribution in [-0.2, 0) is 19.2 Å². The summed E-state index contributed by atoms with van der Waals surface area (Å²) < 4.78 is 0. The van der Waals surface area contributed by atoms with Crippen LogP contribution in [0.15, 0.2) is 63.3 Å². The number of carbonyl (C=O) groups excluding carboxylic acids is 4. The van der Waals surface area contributed by atoms with Crippen LogP contribution in [0, 0.1) is 0 Å². The monoisotopic (exact) mass is 587 g/mol. The quantitative estimate of drug-likeness (QED) is 0.108. The molecular formula is C25H29N7O6S2. The molecule has 0 saturated heterocycles. The van der Waals surface area contributed by atoms with Crippen molar-refractivity contribution < 1.29 is 29.1 Å². The summed E-state index contributed by atoms with van der Waals surface area (Å²) in [6.07, 6.45) is -0.157. The molecule has 9 N–H and O–H groups in total. The number of guanidine groups is 1. The van der Waals surface area contributed by atoms with Crippen molar-refractivity contribution in [2.75, 3.05) is 18.4 Å². The van der Waals surface area contributed by atoms with Gasteiger partial charge in [-0.05, 0) is 37.1 Å². The summed E-state index contributed by atoms with van der Waals surface area (Å²) in [6.45, 7) is -0.335. The van der Waals surface area contributed by atoms with Crippen LogP contribution >= 0.6 is 21.6 Å². The molecular weight excluding hydrogens is 558 g/mol. The highest BCUT2D eigenvalue weighted by atomic mass is 33.1. The van der Waals surface area contributed by atoms with Crippen LogP contribution in [0.2, 0.25) is 0 Å². The van der Waals surface area contributed by atoms with E-state index in [-0.39, 0.29) is 18.9 Å². The Kier molecular flexibility index (Phi) is 11.2. The first-order valence-electron chi connectivity index (χ1n) is 12.1. The number of carboxylic acids is 1. The van der Waals surface area contributed by atoms with E-state index in [9.17, 15) is 29.1 Å². The van der Waals surface area contributed by atoms with Crippen molar-refractivity contribution in [3.8, 4) is 0 Å². The highest BCUT2D eigenvalue weighted by molar-refractivity contribution is 8.76. The van der Waals surface area contributed by atoms with Gasteiger partial charge in [-0.1, -0.05) is 45.9 Å². The number of hydrogen-bond acceptors (Lipinski definition) is 8. The second-order valence-electron chi connectivity index (χ2n) is 8.56. The van der Waals surface area contributed by atoms with E-state index in [2.05, 4.69) is 26.3 Å². The van der Waals surface area contributed by atoms with Gasteiger partial charge in [-0.15, -0.1) is 0 Å². The summed E-state index contributed by atoms with van der Waals surface area (Å²) >= 11 is 0. The number of aliphatic carboxylic acids is 1. The summed E-state index contributed by atoms with van der Waals surface area (Å²) in [6, 6.07) is 11.3. The normalized spacial score (nSPS) is 18.5. The largest absolute Gasteiger partial charge is 0.481 e. The SMILES string of the molecule is NC(N)=NCCC[C@H]1NC(=O)c2ccccc2SSc2ccccc2NC(=O)[C@@H](CC(=O)O)NC(=O)CNC1=O. The molecule has 2 aromatic rings. The van der Waals surface area contributed by atoms with Gasteiger partial charge in [0.1, 0.15) is 12.1 Å². The minimum absolute atomic E-state index is 0.107. The maximum absolute atomic E-state index is 13.3. The van der Waals surface area contributed by atoms with Crippen molar-refractivity contribution in [2.24, 2.45) is 16.5 Å². The molecule has 40 heavy (non-hydrogen) atoms. The fourth-order valence-corrected chi connectivity index (χ4v) is 5.93. The Morgan fingerprint density at radius 2 is 1.60 bits per heavy atom. The first-order valence-corrected chi connectivity index (χ1v) is 14.3. The summed E-state index contributed by atoms with van der Waals surface area (Å²) in [7, 11) is 2.54. The fourth-order valence-electron chi connectivity index (χ4n) is 3.61. The number of carbonyl (C=O) groups is 5. The molecule has 3 rings (SSSR count). The number of benzene rings is 2. The lowest BCUT2D eigenvalue weighted by molar-refractivity contribution is -0.140. The molecule has 13 nitrogen and oxygen atoms in total. The average Bonchev–Trinajstić information content (AvgIpc) is 2.91. The molecule has 0 unspecified atom stereocenters. The molecule has 0 aromatic heterocycles. The van der Waals surface area contributed by atoms with Gasteiger partial charge in [0.15, 0.2) is 5.96 Å². The molecule has 0 aliphatic carbocycles. The first-order chi connectivity index (χ1) is 19.1. The van der Waals surface area contributed by atoms with Crippen molar-refractivity contribution in [3.63, 3.8) is 0 Å². The molecule has 0 radical (unpaired) electrons. The van der Waals surface area contributed by atoms with E-state index in [4.69, 9.17) is 11.5 Å². The first kappa shape index (κ1) is 30.3. The lowest BCUT2D eigenvalue weighted by Crippen LogP contribution is -2.51. The van der Waals surface area contributed by atoms with E-state index < -0.39 is 54.6 Å². The molecule has 0 spiro atoms. The third kappa shape index (κ3) is 9.20. The summed E-state index contributed by atoms with van der Waals surface area (Å²) in [4.78, 5) is 68.4. The van der Waals surface area contributed by atoms with Crippen molar-refractivity contribution in [3.05, 3.63) is 54.1 Å². The Bertz CT molecular complexity index is 1300. The highest BCUT2D eigenvalue weighted by Crippen LogP contribution is 2.42. The van der Waals surface area contributed by atoms with Crippen LogP contribution in [0.4, 0.5) is 5.69 Å². The number of nitrogens with two attached hydrogens (primary N) is 2. The Hall–Kier alpha value is -4.24. The smallest absolute Gasteiger partial charge is 0.305 e. The van der Waals surface area contributed by atoms with Crippen LogP contribution in [0.5, 0.6) is 0 Å². The molecule has 212 valence electrons. The molecule has 1 aliphatic rings. The van der Waals surface area contributed by atoms with Gasteiger partial charge in [-0.2, -0.15) is 0 Å². The van der Waals surface area contributed by atoms with Gasteiger partial charge in [0.25, 0.3) is 5.91 Å². The van der Waals surface area contributed by atoms with Gasteiger partial charge in [-0.25, -0.2) is 0 Å². The number of anilines is 1. The van der Waals surface area contributed by atoms with Crippen LogP contribution in [0.1, 0.15) is 29.6 Å². The number of aliphatic imine (C=N–C) groups is 1. The average molecular weight is 588 g/mol. The van der Waals surface area contributed by atoms with E-state index in [0.29, 0.717) is 27.5 Å². The Balaban J connectivity index is 1.94. The number of fused-ring (bicyclic) bond motifs is 2. The molecule has 0 saturated carbocycles. The van der Waals surface area contributed by atoms with Crippen LogP contribution in [-0.4, -0.2) is 65.8 Å². The summed E-state index contributed by atoms with van der Waals surface area (Å²) in [5, 5.41) is 19.5. The molecule has 15 heteroatoms. The zero-order valence-electron chi connectivity index (χ0n) is 21.2. The number of rotatable bonds is 6. The number of carboxylic acid groups (broad SMARTS) is 1. The van der Waals surface area contributed by atoms with Crippen molar-refractivity contribution in [1.82, 2.24) is 16.0 Å². The summed E-state index contributed by atoms with van der Waals surface area (Å²) in [5.41, 5.74) is 11.4. The molecule has 0 bridgehead atoms. The van der Waals surface area contributed by atoms with E-state index in [0.717, 1.165) is 0 Å². The van der Waals surface area contributed by atoms with E-state index in [1.807, 2.05) is 0 Å². The van der Waals surface area contributed by atoms with Crippen LogP contribution < -0.4 is 32.7 Å². The third-order valence-corrected chi connectivity index (χ3v) is 8.00. The van der Waals surface area contributed by atoms with E-state index in [1.54, 1.807) is 48.5 Å². The van der Waals surface area contributed by atoms with Crippen molar-refractivity contribution in [2.45, 2.75) is 41.1 Å². The second kappa shape index (κ2) is 14.8. The Morgan fingerprint density at radius 1 is 0.925 bits per heavy atom. The van der Waals surface area contributed by atoms with Gasteiger partial charge in [0.05, 0.1) is 24.2 Å². The van der Waals surface area contributed by atoms with Crippen molar-refractivity contribution in [1.29, 1.82) is 0 Å². The second-order valence-corrected chi connectivity index (χ2v) is 10.8. The number of amides is 4. The third-order valence-electron chi connectivity index (χ3n) is 5.52. The lowest BCUT2D eigenvalue weighted by atomic mass is 10.1. The van der Waals surface area contributed by atoms with Gasteiger partial charge >= 0.3 is 5.97 Å². The van der Waals surface area contributed by atoms with Gasteiger partial charge in [-0.3, -0.25) is 29.0 Å².